The van der Waals surface area contributed by atoms with E-state index in [2.05, 4.69) is 9.97 Å². The van der Waals surface area contributed by atoms with Crippen molar-refractivity contribution in [3.8, 4) is 0 Å². The van der Waals surface area contributed by atoms with Gasteiger partial charge in [-0.15, -0.1) is 0 Å². The molecule has 1 aromatic rings. The average molecular weight is 314 g/mol. The molecule has 0 radical (unpaired) electrons. The maximum Gasteiger partial charge on any atom is 0.274 e. The number of likely N-dealkylation sites (tertiary alicyclic amines) is 1. The van der Waals surface area contributed by atoms with E-state index in [-0.39, 0.29) is 35.8 Å². The van der Waals surface area contributed by atoms with Crippen LogP contribution in [0.3, 0.4) is 0 Å². The number of carbonyl (C=O) groups is 3. The molecule has 3 fully saturated rings. The molecule has 7 heteroatoms. The predicted molar refractivity (Wildman–Crippen MR) is 79.1 cm³/mol. The molecule has 0 aliphatic carbocycles. The van der Waals surface area contributed by atoms with E-state index in [4.69, 9.17) is 0 Å². The van der Waals surface area contributed by atoms with Crippen LogP contribution in [-0.2, 0) is 9.59 Å². The molecular weight excluding hydrogens is 296 g/mol. The second-order valence-corrected chi connectivity index (χ2v) is 6.47. The Morgan fingerprint density at radius 1 is 1.00 bits per heavy atom. The Kier molecular flexibility index (Phi) is 3.36. The third-order valence-corrected chi connectivity index (χ3v) is 5.18. The number of aromatic nitrogens is 2. The van der Waals surface area contributed by atoms with Gasteiger partial charge in [0.1, 0.15) is 5.69 Å². The van der Waals surface area contributed by atoms with E-state index in [9.17, 15) is 14.4 Å². The van der Waals surface area contributed by atoms with Gasteiger partial charge in [0.25, 0.3) is 5.91 Å². The van der Waals surface area contributed by atoms with Gasteiger partial charge < -0.3 is 4.90 Å². The zero-order valence-corrected chi connectivity index (χ0v) is 12.7. The van der Waals surface area contributed by atoms with E-state index >= 15 is 0 Å². The van der Waals surface area contributed by atoms with Crippen LogP contribution in [0, 0.1) is 0 Å². The maximum atomic E-state index is 12.7. The van der Waals surface area contributed by atoms with Gasteiger partial charge >= 0.3 is 0 Å². The number of carbonyl (C=O) groups excluding carboxylic acids is 3. The first-order valence-corrected chi connectivity index (χ1v) is 8.08. The SMILES string of the molecule is O=C1CCC(=O)N1C1CC2CCC(C1)N2C(=O)c1cnccn1. The molecule has 1 aromatic heterocycles. The minimum absolute atomic E-state index is 0.0547. The first kappa shape index (κ1) is 14.3. The van der Waals surface area contributed by atoms with Crippen molar-refractivity contribution in [1.82, 2.24) is 19.8 Å². The molecule has 0 aromatic carbocycles. The molecule has 3 amide bonds. The zero-order chi connectivity index (χ0) is 16.0. The topological polar surface area (TPSA) is 83.5 Å². The number of piperidine rings is 1. The Balaban J connectivity index is 1.53. The lowest BCUT2D eigenvalue weighted by Gasteiger charge is -2.41. The molecule has 120 valence electrons. The highest BCUT2D eigenvalue weighted by atomic mass is 16.2. The van der Waals surface area contributed by atoms with Crippen LogP contribution in [0.15, 0.2) is 18.6 Å². The van der Waals surface area contributed by atoms with Gasteiger partial charge in [0.15, 0.2) is 0 Å². The Labute approximate surface area is 133 Å². The van der Waals surface area contributed by atoms with Gasteiger partial charge in [-0.2, -0.15) is 0 Å². The van der Waals surface area contributed by atoms with E-state index in [0.717, 1.165) is 12.8 Å². The molecule has 0 spiro atoms. The Morgan fingerprint density at radius 2 is 1.65 bits per heavy atom. The van der Waals surface area contributed by atoms with Gasteiger partial charge in [0, 0.05) is 43.4 Å². The van der Waals surface area contributed by atoms with Crippen LogP contribution in [0.2, 0.25) is 0 Å². The van der Waals surface area contributed by atoms with Crippen LogP contribution in [0.4, 0.5) is 0 Å². The second kappa shape index (κ2) is 5.40. The minimum Gasteiger partial charge on any atom is -0.331 e. The molecule has 3 aliphatic rings. The molecule has 0 saturated carbocycles. The summed E-state index contributed by atoms with van der Waals surface area (Å²) in [5.74, 6) is -0.218. The van der Waals surface area contributed by atoms with Crippen molar-refractivity contribution in [2.24, 2.45) is 0 Å². The number of rotatable bonds is 2. The summed E-state index contributed by atoms with van der Waals surface area (Å²) in [7, 11) is 0. The number of hydrogen-bond acceptors (Lipinski definition) is 5. The summed E-state index contributed by atoms with van der Waals surface area (Å²) >= 11 is 0. The number of fused-ring (bicyclic) bond motifs is 2. The fourth-order valence-electron chi connectivity index (χ4n) is 4.23. The predicted octanol–water partition coefficient (Wildman–Crippen LogP) is 0.761. The number of amides is 3. The van der Waals surface area contributed by atoms with Crippen molar-refractivity contribution >= 4 is 17.7 Å². The van der Waals surface area contributed by atoms with Gasteiger partial charge in [-0.3, -0.25) is 24.3 Å². The largest absolute Gasteiger partial charge is 0.331 e. The lowest BCUT2D eigenvalue weighted by Crippen LogP contribution is -2.53. The van der Waals surface area contributed by atoms with Crippen molar-refractivity contribution in [3.05, 3.63) is 24.3 Å². The first-order chi connectivity index (χ1) is 11.1. The van der Waals surface area contributed by atoms with E-state index in [1.165, 1.54) is 17.3 Å². The normalized spacial score (nSPS) is 30.2. The van der Waals surface area contributed by atoms with Crippen molar-refractivity contribution in [1.29, 1.82) is 0 Å². The summed E-state index contributed by atoms with van der Waals surface area (Å²) in [5.41, 5.74) is 0.358. The summed E-state index contributed by atoms with van der Waals surface area (Å²) in [6.45, 7) is 0. The summed E-state index contributed by atoms with van der Waals surface area (Å²) in [4.78, 5) is 48.0. The van der Waals surface area contributed by atoms with Crippen molar-refractivity contribution in [2.75, 3.05) is 0 Å². The third kappa shape index (κ3) is 2.31. The number of nitrogens with zero attached hydrogens (tertiary/aromatic N) is 4. The molecule has 4 heterocycles. The molecular formula is C16H18N4O3. The molecule has 3 saturated heterocycles. The van der Waals surface area contributed by atoms with E-state index in [0.29, 0.717) is 31.4 Å². The first-order valence-electron chi connectivity index (χ1n) is 8.08. The fraction of sp³-hybridized carbons (Fsp3) is 0.562. The fourth-order valence-corrected chi connectivity index (χ4v) is 4.23. The third-order valence-electron chi connectivity index (χ3n) is 5.18. The zero-order valence-electron chi connectivity index (χ0n) is 12.7. The smallest absolute Gasteiger partial charge is 0.274 e. The van der Waals surface area contributed by atoms with Crippen molar-refractivity contribution < 1.29 is 14.4 Å². The minimum atomic E-state index is -0.0943. The van der Waals surface area contributed by atoms with Gasteiger partial charge in [0.05, 0.1) is 6.20 Å². The van der Waals surface area contributed by atoms with Crippen LogP contribution >= 0.6 is 0 Å². The number of hydrogen-bond donors (Lipinski definition) is 0. The summed E-state index contributed by atoms with van der Waals surface area (Å²) < 4.78 is 0. The van der Waals surface area contributed by atoms with Gasteiger partial charge in [-0.25, -0.2) is 4.98 Å². The van der Waals surface area contributed by atoms with Gasteiger partial charge in [-0.1, -0.05) is 0 Å². The molecule has 2 bridgehead atoms. The van der Waals surface area contributed by atoms with E-state index in [1.54, 1.807) is 6.20 Å². The molecule has 23 heavy (non-hydrogen) atoms. The molecule has 2 atom stereocenters. The highest BCUT2D eigenvalue weighted by Gasteiger charge is 2.48. The highest BCUT2D eigenvalue weighted by molar-refractivity contribution is 6.02. The molecule has 4 rings (SSSR count). The Bertz CT molecular complexity index is 633. The highest BCUT2D eigenvalue weighted by Crippen LogP contribution is 2.39. The molecule has 2 unspecified atom stereocenters. The van der Waals surface area contributed by atoms with Gasteiger partial charge in [0.2, 0.25) is 11.8 Å². The molecule has 0 N–H and O–H groups in total. The summed E-state index contributed by atoms with van der Waals surface area (Å²) in [6, 6.07) is 0.102. The second-order valence-electron chi connectivity index (χ2n) is 6.47. The van der Waals surface area contributed by atoms with Crippen LogP contribution in [0.1, 0.15) is 49.0 Å². The van der Waals surface area contributed by atoms with Crippen LogP contribution in [0.25, 0.3) is 0 Å². The van der Waals surface area contributed by atoms with E-state index in [1.807, 2.05) is 4.90 Å². The summed E-state index contributed by atoms with van der Waals surface area (Å²) in [6.07, 6.45) is 8.40. The van der Waals surface area contributed by atoms with Crippen LogP contribution in [0.5, 0.6) is 0 Å². The monoisotopic (exact) mass is 314 g/mol. The van der Waals surface area contributed by atoms with Crippen LogP contribution in [-0.4, -0.2) is 55.6 Å². The summed E-state index contributed by atoms with van der Waals surface area (Å²) in [5, 5.41) is 0. The van der Waals surface area contributed by atoms with E-state index < -0.39 is 0 Å². The van der Waals surface area contributed by atoms with Gasteiger partial charge in [-0.05, 0) is 25.7 Å². The van der Waals surface area contributed by atoms with Crippen LogP contribution < -0.4 is 0 Å². The lowest BCUT2D eigenvalue weighted by molar-refractivity contribution is -0.142. The lowest BCUT2D eigenvalue weighted by atomic mass is 9.95. The maximum absolute atomic E-state index is 12.7. The van der Waals surface area contributed by atoms with Crippen molar-refractivity contribution in [3.63, 3.8) is 0 Å². The molecule has 3 aliphatic heterocycles. The quantitative estimate of drug-likeness (QED) is 0.753. The Hall–Kier alpha value is -2.31. The van der Waals surface area contributed by atoms with Crippen molar-refractivity contribution in [2.45, 2.75) is 56.7 Å². The average Bonchev–Trinajstić information content (AvgIpc) is 3.03. The molecule has 7 nitrogen and oxygen atoms in total. The number of imide groups is 1. The standard InChI is InChI=1S/C16H18N4O3/c21-14-3-4-15(22)20(14)12-7-10-1-2-11(8-12)19(10)16(23)13-9-17-5-6-18-13/h5-6,9-12H,1-4,7-8H2. The Morgan fingerprint density at radius 3 is 2.22 bits per heavy atom.